The third-order valence-corrected chi connectivity index (χ3v) is 6.21. The molecule has 0 fully saturated rings. The lowest BCUT2D eigenvalue weighted by Crippen LogP contribution is -2.34. The topological polar surface area (TPSA) is 54.0 Å². The zero-order valence-corrected chi connectivity index (χ0v) is 19.0. The minimum Gasteiger partial charge on any atom is -0.332 e. The van der Waals surface area contributed by atoms with Crippen LogP contribution in [0.2, 0.25) is 0 Å². The molecular weight excluding hydrogens is 422 g/mol. The quantitative estimate of drug-likeness (QED) is 0.363. The maximum atomic E-state index is 12.4. The largest absolute Gasteiger partial charge is 0.332 e. The molecule has 0 bridgehead atoms. The van der Waals surface area contributed by atoms with Crippen molar-refractivity contribution in [3.63, 3.8) is 0 Å². The van der Waals surface area contributed by atoms with Gasteiger partial charge in [0.05, 0.1) is 15.2 Å². The van der Waals surface area contributed by atoms with Crippen molar-refractivity contribution in [1.29, 1.82) is 0 Å². The van der Waals surface area contributed by atoms with Gasteiger partial charge in [-0.15, -0.1) is 11.3 Å². The average Bonchev–Trinajstić information content (AvgIpc) is 3.17. The molecule has 0 aliphatic carbocycles. The predicted molar refractivity (Wildman–Crippen MR) is 133 cm³/mol. The second kappa shape index (κ2) is 9.37. The van der Waals surface area contributed by atoms with Crippen LogP contribution >= 0.6 is 23.6 Å². The van der Waals surface area contributed by atoms with Gasteiger partial charge in [-0.1, -0.05) is 50.2 Å². The molecule has 2 N–H and O–H groups in total. The van der Waals surface area contributed by atoms with Crippen molar-refractivity contribution in [3.05, 3.63) is 94.5 Å². The van der Waals surface area contributed by atoms with Crippen LogP contribution in [0.15, 0.2) is 72.8 Å². The Morgan fingerprint density at radius 2 is 1.71 bits per heavy atom. The molecule has 156 valence electrons. The van der Waals surface area contributed by atoms with Gasteiger partial charge in [-0.2, -0.15) is 0 Å². The third-order valence-electron chi connectivity index (χ3n) is 4.97. The summed E-state index contributed by atoms with van der Waals surface area (Å²) >= 11 is 7.02. The zero-order chi connectivity index (χ0) is 21.8. The van der Waals surface area contributed by atoms with Gasteiger partial charge >= 0.3 is 0 Å². The lowest BCUT2D eigenvalue weighted by Gasteiger charge is -2.11. The molecule has 0 aliphatic rings. The fourth-order valence-electron chi connectivity index (χ4n) is 3.23. The van der Waals surface area contributed by atoms with Gasteiger partial charge in [-0.25, -0.2) is 4.98 Å². The molecule has 4 rings (SSSR count). The van der Waals surface area contributed by atoms with Crippen molar-refractivity contribution in [2.75, 3.05) is 5.32 Å². The fraction of sp³-hybridized carbons (Fsp3) is 0.160. The van der Waals surface area contributed by atoms with Crippen molar-refractivity contribution in [1.82, 2.24) is 10.3 Å². The molecule has 0 aliphatic heterocycles. The van der Waals surface area contributed by atoms with Crippen LogP contribution in [0.3, 0.4) is 0 Å². The monoisotopic (exact) mass is 445 g/mol. The number of carbonyl (C=O) groups excluding carboxylic acids is 1. The highest BCUT2D eigenvalue weighted by Crippen LogP contribution is 2.24. The van der Waals surface area contributed by atoms with Crippen LogP contribution in [0, 0.1) is 0 Å². The number of para-hydroxylation sites is 1. The van der Waals surface area contributed by atoms with Gasteiger partial charge in [0.25, 0.3) is 5.91 Å². The van der Waals surface area contributed by atoms with E-state index in [2.05, 4.69) is 35.5 Å². The number of fused-ring (bicyclic) bond motifs is 1. The molecule has 1 aromatic heterocycles. The number of amides is 1. The van der Waals surface area contributed by atoms with Crippen LogP contribution in [0.25, 0.3) is 10.2 Å². The van der Waals surface area contributed by atoms with E-state index in [1.807, 2.05) is 66.7 Å². The first kappa shape index (κ1) is 21.2. The molecule has 0 atom stereocenters. The Bertz CT molecular complexity index is 1180. The van der Waals surface area contributed by atoms with Gasteiger partial charge in [0.1, 0.15) is 0 Å². The summed E-state index contributed by atoms with van der Waals surface area (Å²) in [7, 11) is 0. The minimum absolute atomic E-state index is 0.222. The number of nitrogens with one attached hydrogen (secondary N) is 2. The highest BCUT2D eigenvalue weighted by atomic mass is 32.1. The highest BCUT2D eigenvalue weighted by Gasteiger charge is 2.09. The summed E-state index contributed by atoms with van der Waals surface area (Å²) in [6.07, 6.45) is 0.785. The number of hydrogen-bond donors (Lipinski definition) is 2. The maximum Gasteiger partial charge on any atom is 0.257 e. The number of hydrogen-bond acceptors (Lipinski definition) is 4. The van der Waals surface area contributed by atoms with Crippen molar-refractivity contribution in [2.24, 2.45) is 0 Å². The predicted octanol–water partition coefficient (Wildman–Crippen LogP) is 6.14. The van der Waals surface area contributed by atoms with E-state index in [-0.39, 0.29) is 11.0 Å². The summed E-state index contributed by atoms with van der Waals surface area (Å²) in [6.45, 7) is 4.25. The van der Waals surface area contributed by atoms with E-state index in [1.54, 1.807) is 11.3 Å². The molecule has 0 saturated heterocycles. The van der Waals surface area contributed by atoms with Gasteiger partial charge in [-0.05, 0) is 65.7 Å². The van der Waals surface area contributed by atoms with Crippen molar-refractivity contribution >= 4 is 50.5 Å². The van der Waals surface area contributed by atoms with E-state index in [1.165, 1.54) is 15.8 Å². The Morgan fingerprint density at radius 3 is 2.39 bits per heavy atom. The highest BCUT2D eigenvalue weighted by molar-refractivity contribution is 7.80. The molecule has 31 heavy (non-hydrogen) atoms. The standard InChI is InChI=1S/C25H23N3OS2/c1-16(2)18-9-11-19(12-10-18)24(29)28-25(30)26-20-13-7-17(8-14-20)15-23-27-21-5-3-4-6-22(21)31-23/h3-14,16H,15H2,1-2H3,(H2,26,28,29,30). The number of anilines is 1. The summed E-state index contributed by atoms with van der Waals surface area (Å²) < 4.78 is 1.20. The Morgan fingerprint density at radius 1 is 1.00 bits per heavy atom. The van der Waals surface area contributed by atoms with Gasteiger partial charge in [0.2, 0.25) is 0 Å². The van der Waals surface area contributed by atoms with Crippen molar-refractivity contribution in [2.45, 2.75) is 26.2 Å². The van der Waals surface area contributed by atoms with Gasteiger partial charge < -0.3 is 5.32 Å². The summed E-state index contributed by atoms with van der Waals surface area (Å²) in [5.41, 5.74) is 4.82. The first-order chi connectivity index (χ1) is 15.0. The Balaban J connectivity index is 1.33. The lowest BCUT2D eigenvalue weighted by atomic mass is 10.0. The van der Waals surface area contributed by atoms with E-state index < -0.39 is 0 Å². The summed E-state index contributed by atoms with van der Waals surface area (Å²) in [6, 6.07) is 23.8. The molecule has 6 heteroatoms. The number of benzene rings is 3. The number of thiocarbonyl (C=S) groups is 1. The van der Waals surface area contributed by atoms with E-state index in [9.17, 15) is 4.79 Å². The molecule has 1 heterocycles. The molecule has 0 radical (unpaired) electrons. The Hall–Kier alpha value is -3.09. The SMILES string of the molecule is CC(C)c1ccc(C(=O)NC(=S)Nc2ccc(Cc3nc4ccccc4s3)cc2)cc1. The van der Waals surface area contributed by atoms with Crippen molar-refractivity contribution < 1.29 is 4.79 Å². The van der Waals surface area contributed by atoms with Crippen LogP contribution in [-0.4, -0.2) is 16.0 Å². The third kappa shape index (κ3) is 5.34. The van der Waals surface area contributed by atoms with E-state index in [4.69, 9.17) is 12.2 Å². The molecule has 0 spiro atoms. The Labute approximate surface area is 191 Å². The minimum atomic E-state index is -0.222. The summed E-state index contributed by atoms with van der Waals surface area (Å²) in [5, 5.41) is 7.17. The summed E-state index contributed by atoms with van der Waals surface area (Å²) in [5.74, 6) is 0.206. The fourth-order valence-corrected chi connectivity index (χ4v) is 4.45. The number of rotatable bonds is 5. The van der Waals surface area contributed by atoms with Crippen LogP contribution in [0.5, 0.6) is 0 Å². The van der Waals surface area contributed by atoms with Gasteiger partial charge in [0.15, 0.2) is 5.11 Å². The van der Waals surface area contributed by atoms with E-state index >= 15 is 0 Å². The molecule has 0 saturated carbocycles. The summed E-state index contributed by atoms with van der Waals surface area (Å²) in [4.78, 5) is 17.1. The van der Waals surface area contributed by atoms with Crippen LogP contribution in [-0.2, 0) is 6.42 Å². The average molecular weight is 446 g/mol. The molecule has 3 aromatic carbocycles. The number of aromatic nitrogens is 1. The van der Waals surface area contributed by atoms with Crippen LogP contribution in [0.1, 0.15) is 46.3 Å². The second-order valence-electron chi connectivity index (χ2n) is 7.63. The van der Waals surface area contributed by atoms with Crippen LogP contribution in [0.4, 0.5) is 5.69 Å². The van der Waals surface area contributed by atoms with Gasteiger partial charge in [0, 0.05) is 17.7 Å². The molecule has 4 nitrogen and oxygen atoms in total. The zero-order valence-electron chi connectivity index (χ0n) is 17.4. The second-order valence-corrected chi connectivity index (χ2v) is 9.16. The van der Waals surface area contributed by atoms with Crippen LogP contribution < -0.4 is 10.6 Å². The smallest absolute Gasteiger partial charge is 0.257 e. The first-order valence-electron chi connectivity index (χ1n) is 10.1. The molecule has 0 unspecified atom stereocenters. The Kier molecular flexibility index (Phi) is 6.39. The van der Waals surface area contributed by atoms with Gasteiger partial charge in [-0.3, -0.25) is 10.1 Å². The van der Waals surface area contributed by atoms with E-state index in [0.717, 1.165) is 22.6 Å². The van der Waals surface area contributed by atoms with E-state index in [0.29, 0.717) is 11.5 Å². The molecule has 4 aromatic rings. The normalized spacial score (nSPS) is 10.9. The molecular formula is C25H23N3OS2. The molecule has 1 amide bonds. The number of carbonyl (C=O) groups is 1. The number of thiazole rings is 1. The first-order valence-corrected chi connectivity index (χ1v) is 11.4. The maximum absolute atomic E-state index is 12.4. The lowest BCUT2D eigenvalue weighted by molar-refractivity contribution is 0.0977. The number of nitrogens with zero attached hydrogens (tertiary/aromatic N) is 1. The van der Waals surface area contributed by atoms with Crippen molar-refractivity contribution in [3.8, 4) is 0 Å².